The summed E-state index contributed by atoms with van der Waals surface area (Å²) in [5.74, 6) is 1.37. The van der Waals surface area contributed by atoms with Crippen molar-refractivity contribution in [3.63, 3.8) is 0 Å². The van der Waals surface area contributed by atoms with Crippen molar-refractivity contribution in [1.82, 2.24) is 20.8 Å². The van der Waals surface area contributed by atoms with E-state index in [0.717, 1.165) is 43.7 Å². The Kier molecular flexibility index (Phi) is 4.31. The maximum absolute atomic E-state index is 5.41. The molecule has 3 rings (SSSR count). The third-order valence-corrected chi connectivity index (χ3v) is 4.05. The van der Waals surface area contributed by atoms with E-state index < -0.39 is 0 Å². The molecule has 5 nitrogen and oxygen atoms in total. The van der Waals surface area contributed by atoms with E-state index in [2.05, 4.69) is 45.9 Å². The number of benzene rings is 1. The van der Waals surface area contributed by atoms with Crippen molar-refractivity contribution in [2.45, 2.75) is 32.2 Å². The molecule has 0 aliphatic carbocycles. The second kappa shape index (κ2) is 6.37. The summed E-state index contributed by atoms with van der Waals surface area (Å²) in [5.41, 5.74) is 3.83. The number of nitrogens with zero attached hydrogens (tertiary/aromatic N) is 2. The summed E-state index contributed by atoms with van der Waals surface area (Å²) in [6.45, 7) is 4.19. The van der Waals surface area contributed by atoms with Crippen molar-refractivity contribution in [3.8, 4) is 11.5 Å². The van der Waals surface area contributed by atoms with Crippen LogP contribution in [0, 0.1) is 0 Å². The molecule has 0 bridgehead atoms. The van der Waals surface area contributed by atoms with Crippen LogP contribution in [0.15, 0.2) is 22.7 Å². The SMILES string of the molecule is CNC(C)Cc1noc(-c2ccc3c(c2)CCNCC3)n1. The normalized spacial score (nSPS) is 16.3. The van der Waals surface area contributed by atoms with Crippen LogP contribution in [0.2, 0.25) is 0 Å². The van der Waals surface area contributed by atoms with Gasteiger partial charge in [-0.2, -0.15) is 4.98 Å². The Morgan fingerprint density at radius 3 is 2.90 bits per heavy atom. The van der Waals surface area contributed by atoms with Crippen LogP contribution in [0.25, 0.3) is 11.5 Å². The minimum absolute atomic E-state index is 0.341. The fraction of sp³-hybridized carbons (Fsp3) is 0.500. The fourth-order valence-electron chi connectivity index (χ4n) is 2.64. The molecule has 1 aliphatic heterocycles. The Hall–Kier alpha value is -1.72. The number of aromatic nitrogens is 2. The van der Waals surface area contributed by atoms with Gasteiger partial charge in [-0.3, -0.25) is 0 Å². The van der Waals surface area contributed by atoms with Gasteiger partial charge in [0.2, 0.25) is 0 Å². The van der Waals surface area contributed by atoms with Crippen LogP contribution in [0.4, 0.5) is 0 Å². The van der Waals surface area contributed by atoms with Crippen LogP contribution in [0.3, 0.4) is 0 Å². The van der Waals surface area contributed by atoms with Crippen LogP contribution < -0.4 is 10.6 Å². The smallest absolute Gasteiger partial charge is 0.257 e. The highest BCUT2D eigenvalue weighted by molar-refractivity contribution is 5.56. The van der Waals surface area contributed by atoms with Crippen molar-refractivity contribution in [2.24, 2.45) is 0 Å². The molecule has 1 aliphatic rings. The summed E-state index contributed by atoms with van der Waals surface area (Å²) >= 11 is 0. The monoisotopic (exact) mass is 286 g/mol. The van der Waals surface area contributed by atoms with Crippen molar-refractivity contribution in [3.05, 3.63) is 35.2 Å². The largest absolute Gasteiger partial charge is 0.334 e. The lowest BCUT2D eigenvalue weighted by molar-refractivity contribution is 0.418. The second-order valence-electron chi connectivity index (χ2n) is 5.64. The zero-order chi connectivity index (χ0) is 14.7. The van der Waals surface area contributed by atoms with Crippen molar-refractivity contribution >= 4 is 0 Å². The number of rotatable bonds is 4. The van der Waals surface area contributed by atoms with E-state index in [1.165, 1.54) is 11.1 Å². The van der Waals surface area contributed by atoms with Crippen LogP contribution in [-0.4, -0.2) is 36.3 Å². The maximum atomic E-state index is 5.41. The van der Waals surface area contributed by atoms with Crippen LogP contribution in [0.5, 0.6) is 0 Å². The first kappa shape index (κ1) is 14.2. The molecule has 1 unspecified atom stereocenters. The molecule has 0 saturated heterocycles. The van der Waals surface area contributed by atoms with Crippen molar-refractivity contribution < 1.29 is 4.52 Å². The Labute approximate surface area is 125 Å². The quantitative estimate of drug-likeness (QED) is 0.893. The highest BCUT2D eigenvalue weighted by Crippen LogP contribution is 2.23. The minimum atomic E-state index is 0.341. The molecule has 112 valence electrons. The molecule has 5 heteroatoms. The van der Waals surface area contributed by atoms with Gasteiger partial charge in [0.05, 0.1) is 0 Å². The van der Waals surface area contributed by atoms with Gasteiger partial charge in [0.25, 0.3) is 5.89 Å². The number of hydrogen-bond acceptors (Lipinski definition) is 5. The zero-order valence-electron chi connectivity index (χ0n) is 12.6. The number of hydrogen-bond donors (Lipinski definition) is 2. The molecule has 2 N–H and O–H groups in total. The van der Waals surface area contributed by atoms with Crippen molar-refractivity contribution in [2.75, 3.05) is 20.1 Å². The van der Waals surface area contributed by atoms with Gasteiger partial charge in [-0.1, -0.05) is 11.2 Å². The van der Waals surface area contributed by atoms with Gasteiger partial charge in [-0.05, 0) is 63.2 Å². The number of fused-ring (bicyclic) bond motifs is 1. The van der Waals surface area contributed by atoms with Gasteiger partial charge in [-0.25, -0.2) is 0 Å². The lowest BCUT2D eigenvalue weighted by Gasteiger charge is -2.06. The van der Waals surface area contributed by atoms with E-state index in [1.807, 2.05) is 7.05 Å². The summed E-state index contributed by atoms with van der Waals surface area (Å²) in [4.78, 5) is 4.51. The molecular formula is C16H22N4O. The molecule has 21 heavy (non-hydrogen) atoms. The Morgan fingerprint density at radius 1 is 1.29 bits per heavy atom. The molecule has 0 saturated carbocycles. The molecule has 1 atom stereocenters. The highest BCUT2D eigenvalue weighted by Gasteiger charge is 2.14. The summed E-state index contributed by atoms with van der Waals surface area (Å²) in [7, 11) is 1.94. The first-order valence-electron chi connectivity index (χ1n) is 7.59. The number of likely N-dealkylation sites (N-methyl/N-ethyl adjacent to an activating group) is 1. The number of nitrogens with one attached hydrogen (secondary N) is 2. The van der Waals surface area contributed by atoms with Crippen LogP contribution in [0.1, 0.15) is 23.9 Å². The van der Waals surface area contributed by atoms with Gasteiger partial charge in [-0.15, -0.1) is 0 Å². The van der Waals surface area contributed by atoms with Crippen LogP contribution >= 0.6 is 0 Å². The Morgan fingerprint density at radius 2 is 2.10 bits per heavy atom. The third-order valence-electron chi connectivity index (χ3n) is 4.05. The van der Waals surface area contributed by atoms with Crippen molar-refractivity contribution in [1.29, 1.82) is 0 Å². The molecule has 2 aromatic rings. The van der Waals surface area contributed by atoms with E-state index in [1.54, 1.807) is 0 Å². The molecule has 0 fully saturated rings. The van der Waals surface area contributed by atoms with Gasteiger partial charge < -0.3 is 15.2 Å². The third kappa shape index (κ3) is 3.31. The first-order valence-corrected chi connectivity index (χ1v) is 7.59. The Balaban J connectivity index is 1.82. The first-order chi connectivity index (χ1) is 10.3. The molecular weight excluding hydrogens is 264 g/mol. The van der Waals surface area contributed by atoms with E-state index >= 15 is 0 Å². The summed E-state index contributed by atoms with van der Waals surface area (Å²) in [6.07, 6.45) is 2.92. The van der Waals surface area contributed by atoms with Gasteiger partial charge in [0.15, 0.2) is 5.82 Å². The molecule has 1 aromatic heterocycles. The van der Waals surface area contributed by atoms with Crippen LogP contribution in [-0.2, 0) is 19.3 Å². The lowest BCUT2D eigenvalue weighted by atomic mass is 10.00. The highest BCUT2D eigenvalue weighted by atomic mass is 16.5. The zero-order valence-corrected chi connectivity index (χ0v) is 12.6. The van der Waals surface area contributed by atoms with E-state index in [-0.39, 0.29) is 0 Å². The van der Waals surface area contributed by atoms with E-state index in [0.29, 0.717) is 11.9 Å². The fourth-order valence-corrected chi connectivity index (χ4v) is 2.64. The topological polar surface area (TPSA) is 63.0 Å². The minimum Gasteiger partial charge on any atom is -0.334 e. The predicted octanol–water partition coefficient (Wildman–Crippen LogP) is 1.58. The summed E-state index contributed by atoms with van der Waals surface area (Å²) < 4.78 is 5.41. The Bertz CT molecular complexity index is 608. The molecule has 0 amide bonds. The average Bonchev–Trinajstić information content (AvgIpc) is 2.83. The predicted molar refractivity (Wildman–Crippen MR) is 82.2 cm³/mol. The summed E-state index contributed by atoms with van der Waals surface area (Å²) in [6, 6.07) is 6.82. The van der Waals surface area contributed by atoms with Gasteiger partial charge >= 0.3 is 0 Å². The van der Waals surface area contributed by atoms with E-state index in [4.69, 9.17) is 4.52 Å². The standard InChI is InChI=1S/C16H22N4O/c1-11(17-2)9-15-19-16(21-20-15)14-4-3-12-5-7-18-8-6-13(12)10-14/h3-4,10-11,17-18H,5-9H2,1-2H3. The maximum Gasteiger partial charge on any atom is 0.257 e. The van der Waals surface area contributed by atoms with Gasteiger partial charge in [0.1, 0.15) is 0 Å². The van der Waals surface area contributed by atoms with Gasteiger partial charge in [0, 0.05) is 18.0 Å². The van der Waals surface area contributed by atoms with E-state index in [9.17, 15) is 0 Å². The molecule has 2 heterocycles. The molecule has 0 radical (unpaired) electrons. The average molecular weight is 286 g/mol. The molecule has 1 aromatic carbocycles. The molecule has 0 spiro atoms. The second-order valence-corrected chi connectivity index (χ2v) is 5.64. The lowest BCUT2D eigenvalue weighted by Crippen LogP contribution is -2.24. The summed E-state index contributed by atoms with van der Waals surface area (Å²) in [5, 5.41) is 10.7.